The molecular formula is C20H19N3O2S2. The van der Waals surface area contributed by atoms with Gasteiger partial charge in [0.05, 0.1) is 5.39 Å². The van der Waals surface area contributed by atoms with Crippen LogP contribution in [0.15, 0.2) is 64.4 Å². The number of hydrogen-bond donors (Lipinski definition) is 1. The first-order valence-corrected chi connectivity index (χ1v) is 10.5. The van der Waals surface area contributed by atoms with E-state index in [0.717, 1.165) is 18.4 Å². The van der Waals surface area contributed by atoms with Crippen LogP contribution in [0.2, 0.25) is 0 Å². The van der Waals surface area contributed by atoms with Gasteiger partial charge in [-0.05, 0) is 29.9 Å². The first kappa shape index (κ1) is 18.0. The van der Waals surface area contributed by atoms with E-state index in [2.05, 4.69) is 16.9 Å². The molecule has 27 heavy (non-hydrogen) atoms. The summed E-state index contributed by atoms with van der Waals surface area (Å²) < 4.78 is 1.59. The van der Waals surface area contributed by atoms with Crippen molar-refractivity contribution in [1.82, 2.24) is 14.9 Å². The van der Waals surface area contributed by atoms with E-state index in [1.807, 2.05) is 35.7 Å². The zero-order valence-corrected chi connectivity index (χ0v) is 16.3. The third-order valence-corrected chi connectivity index (χ3v) is 6.40. The number of nitrogens with one attached hydrogen (secondary N) is 1. The first-order chi connectivity index (χ1) is 13.2. The van der Waals surface area contributed by atoms with Crippen molar-refractivity contribution in [2.45, 2.75) is 35.8 Å². The number of thioether (sulfide) groups is 1. The highest BCUT2D eigenvalue weighted by atomic mass is 32.2. The summed E-state index contributed by atoms with van der Waals surface area (Å²) in [5, 5.41) is 5.61. The molecule has 1 atom stereocenters. The van der Waals surface area contributed by atoms with E-state index < -0.39 is 5.25 Å². The molecule has 1 aliphatic rings. The van der Waals surface area contributed by atoms with Gasteiger partial charge in [0.1, 0.15) is 10.1 Å². The smallest absolute Gasteiger partial charge is 0.263 e. The molecule has 5 nitrogen and oxygen atoms in total. The maximum absolute atomic E-state index is 12.9. The van der Waals surface area contributed by atoms with Crippen LogP contribution in [0.1, 0.15) is 23.7 Å². The molecule has 2 aromatic heterocycles. The molecule has 1 aliphatic carbocycles. The van der Waals surface area contributed by atoms with Gasteiger partial charge < -0.3 is 5.32 Å². The van der Waals surface area contributed by atoms with E-state index in [-0.39, 0.29) is 17.5 Å². The molecule has 7 heteroatoms. The Hall–Kier alpha value is -2.38. The number of hydrogen-bond acceptors (Lipinski definition) is 5. The highest BCUT2D eigenvalue weighted by Gasteiger charge is 2.30. The van der Waals surface area contributed by atoms with Crippen LogP contribution in [0, 0.1) is 0 Å². The minimum atomic E-state index is -0.466. The number of carbonyl (C=O) groups is 1. The van der Waals surface area contributed by atoms with Crippen LogP contribution >= 0.6 is 23.1 Å². The molecule has 1 aromatic carbocycles. The van der Waals surface area contributed by atoms with Crippen molar-refractivity contribution in [3.8, 4) is 0 Å². The molecule has 1 fully saturated rings. The van der Waals surface area contributed by atoms with Crippen LogP contribution in [0.4, 0.5) is 0 Å². The Labute approximate surface area is 165 Å². The van der Waals surface area contributed by atoms with E-state index in [1.165, 1.54) is 23.1 Å². The Balaban J connectivity index is 1.75. The Morgan fingerprint density at radius 3 is 2.85 bits per heavy atom. The van der Waals surface area contributed by atoms with Crippen LogP contribution in [-0.4, -0.2) is 21.5 Å². The average molecular weight is 398 g/mol. The highest BCUT2D eigenvalue weighted by Crippen LogP contribution is 2.36. The topological polar surface area (TPSA) is 64.0 Å². The van der Waals surface area contributed by atoms with Gasteiger partial charge >= 0.3 is 0 Å². The molecule has 0 saturated heterocycles. The Morgan fingerprint density at radius 2 is 2.15 bits per heavy atom. The molecule has 0 aliphatic heterocycles. The Bertz CT molecular complexity index is 1040. The van der Waals surface area contributed by atoms with Gasteiger partial charge in [0.15, 0.2) is 5.16 Å². The van der Waals surface area contributed by atoms with Crippen molar-refractivity contribution in [2.75, 3.05) is 0 Å². The second kappa shape index (κ2) is 7.70. The Morgan fingerprint density at radius 1 is 1.37 bits per heavy atom. The van der Waals surface area contributed by atoms with Gasteiger partial charge in [-0.2, -0.15) is 0 Å². The maximum atomic E-state index is 12.9. The molecule has 4 rings (SSSR count). The third-order valence-electron chi connectivity index (χ3n) is 4.35. The Kier molecular flexibility index (Phi) is 5.13. The largest absolute Gasteiger partial charge is 0.352 e. The molecule has 3 aromatic rings. The summed E-state index contributed by atoms with van der Waals surface area (Å²) in [7, 11) is 0. The summed E-state index contributed by atoms with van der Waals surface area (Å²) in [6.45, 7) is 4.11. The number of benzene rings is 1. The third kappa shape index (κ3) is 3.84. The van der Waals surface area contributed by atoms with Gasteiger partial charge in [-0.25, -0.2) is 4.98 Å². The number of aromatic nitrogens is 2. The summed E-state index contributed by atoms with van der Waals surface area (Å²) in [4.78, 5) is 31.1. The van der Waals surface area contributed by atoms with Crippen molar-refractivity contribution in [3.05, 3.63) is 70.4 Å². The number of nitrogens with zero attached hydrogens (tertiary/aromatic N) is 2. The fourth-order valence-electron chi connectivity index (χ4n) is 2.82. The van der Waals surface area contributed by atoms with E-state index in [9.17, 15) is 9.59 Å². The SMILES string of the molecule is C=CCn1c(SC(C(=O)NC2CC2)c2ccccc2)nc2sccc2c1=O. The quantitative estimate of drug-likeness (QED) is 0.375. The summed E-state index contributed by atoms with van der Waals surface area (Å²) in [6.07, 6.45) is 3.73. The zero-order chi connectivity index (χ0) is 18.8. The van der Waals surface area contributed by atoms with Crippen molar-refractivity contribution in [2.24, 2.45) is 0 Å². The van der Waals surface area contributed by atoms with Crippen molar-refractivity contribution >= 4 is 39.2 Å². The van der Waals surface area contributed by atoms with Gasteiger partial charge in [-0.15, -0.1) is 17.9 Å². The van der Waals surface area contributed by atoms with Crippen LogP contribution in [0.5, 0.6) is 0 Å². The molecule has 1 amide bonds. The van der Waals surface area contributed by atoms with Crippen LogP contribution in [0.3, 0.4) is 0 Å². The number of thiophene rings is 1. The minimum absolute atomic E-state index is 0.0422. The van der Waals surface area contributed by atoms with Gasteiger partial charge in [-0.1, -0.05) is 48.2 Å². The maximum Gasteiger partial charge on any atom is 0.263 e. The number of carbonyl (C=O) groups excluding carboxylic acids is 1. The van der Waals surface area contributed by atoms with Crippen molar-refractivity contribution < 1.29 is 4.79 Å². The summed E-state index contributed by atoms with van der Waals surface area (Å²) in [6, 6.07) is 11.7. The lowest BCUT2D eigenvalue weighted by Crippen LogP contribution is -2.30. The lowest BCUT2D eigenvalue weighted by Gasteiger charge is -2.18. The van der Waals surface area contributed by atoms with E-state index in [4.69, 9.17) is 0 Å². The summed E-state index contributed by atoms with van der Waals surface area (Å²) in [5.41, 5.74) is 0.796. The molecule has 0 bridgehead atoms. The van der Waals surface area contributed by atoms with E-state index >= 15 is 0 Å². The van der Waals surface area contributed by atoms with Crippen molar-refractivity contribution in [3.63, 3.8) is 0 Å². The highest BCUT2D eigenvalue weighted by molar-refractivity contribution is 8.00. The molecular weight excluding hydrogens is 378 g/mol. The van der Waals surface area contributed by atoms with Crippen LogP contribution < -0.4 is 10.9 Å². The van der Waals surface area contributed by atoms with Gasteiger partial charge in [0, 0.05) is 12.6 Å². The standard InChI is InChI=1S/C20H19N3O2S2/c1-2-11-23-19(25)15-10-12-26-18(15)22-20(23)27-16(13-6-4-3-5-7-13)17(24)21-14-8-9-14/h2-7,10,12,14,16H,1,8-9,11H2,(H,21,24). The molecule has 1 N–H and O–H groups in total. The average Bonchev–Trinajstić information content (AvgIpc) is 3.36. The van der Waals surface area contributed by atoms with E-state index in [0.29, 0.717) is 21.9 Å². The number of allylic oxidation sites excluding steroid dienone is 1. The van der Waals surface area contributed by atoms with Gasteiger partial charge in [0.25, 0.3) is 5.56 Å². The first-order valence-electron chi connectivity index (χ1n) is 8.78. The molecule has 1 unspecified atom stereocenters. The molecule has 0 radical (unpaired) electrons. The fraction of sp³-hybridized carbons (Fsp3) is 0.250. The molecule has 2 heterocycles. The molecule has 1 saturated carbocycles. The number of rotatable bonds is 7. The summed E-state index contributed by atoms with van der Waals surface area (Å²) >= 11 is 2.75. The fourth-order valence-corrected chi connectivity index (χ4v) is 4.74. The van der Waals surface area contributed by atoms with Crippen LogP contribution in [0.25, 0.3) is 10.2 Å². The molecule has 0 spiro atoms. The predicted molar refractivity (Wildman–Crippen MR) is 110 cm³/mol. The van der Waals surface area contributed by atoms with Crippen LogP contribution in [-0.2, 0) is 11.3 Å². The molecule has 138 valence electrons. The lowest BCUT2D eigenvalue weighted by atomic mass is 10.1. The zero-order valence-electron chi connectivity index (χ0n) is 14.6. The monoisotopic (exact) mass is 397 g/mol. The predicted octanol–water partition coefficient (Wildman–Crippen LogP) is 3.76. The minimum Gasteiger partial charge on any atom is -0.352 e. The second-order valence-corrected chi connectivity index (χ2v) is 8.40. The van der Waals surface area contributed by atoms with E-state index in [1.54, 1.807) is 16.7 Å². The number of amides is 1. The van der Waals surface area contributed by atoms with Gasteiger partial charge in [-0.3, -0.25) is 14.2 Å². The summed E-state index contributed by atoms with van der Waals surface area (Å²) in [5.74, 6) is -0.0422. The second-order valence-electron chi connectivity index (χ2n) is 6.43. The normalized spacial score (nSPS) is 14.8. The van der Waals surface area contributed by atoms with Crippen molar-refractivity contribution in [1.29, 1.82) is 0 Å². The van der Waals surface area contributed by atoms with Gasteiger partial charge in [0.2, 0.25) is 5.91 Å². The number of fused-ring (bicyclic) bond motifs is 1. The lowest BCUT2D eigenvalue weighted by molar-refractivity contribution is -0.120.